The second kappa shape index (κ2) is 9.27. The number of hydrogen-bond acceptors (Lipinski definition) is 7. The molecule has 0 spiro atoms. The molecule has 1 atom stereocenters. The van der Waals surface area contributed by atoms with Crippen LogP contribution in [0.2, 0.25) is 0 Å². The molecule has 1 aliphatic heterocycles. The summed E-state index contributed by atoms with van der Waals surface area (Å²) in [5.74, 6) is 1.10. The molecular weight excluding hydrogens is 482 g/mol. The van der Waals surface area contributed by atoms with Crippen LogP contribution in [-0.2, 0) is 9.53 Å². The molecular formula is C29H31N5O2S. The molecule has 0 amide bonds. The van der Waals surface area contributed by atoms with E-state index in [9.17, 15) is 4.79 Å². The Kier molecular flexibility index (Phi) is 6.23. The van der Waals surface area contributed by atoms with Crippen molar-refractivity contribution in [3.05, 3.63) is 81.7 Å². The van der Waals surface area contributed by atoms with Crippen LogP contribution in [0.15, 0.2) is 53.5 Å². The molecule has 37 heavy (non-hydrogen) atoms. The number of carbonyl (C=O) groups excluding carboxylic acids is 1. The third-order valence-electron chi connectivity index (χ3n) is 6.40. The number of anilines is 1. The molecule has 2 N–H and O–H groups in total. The number of thiophene rings is 1. The summed E-state index contributed by atoms with van der Waals surface area (Å²) in [6.45, 7) is 11.8. The van der Waals surface area contributed by atoms with Crippen molar-refractivity contribution in [2.24, 2.45) is 4.99 Å². The Labute approximate surface area is 221 Å². The molecule has 3 heterocycles. The lowest BCUT2D eigenvalue weighted by Gasteiger charge is -2.21. The van der Waals surface area contributed by atoms with Crippen molar-refractivity contribution in [1.29, 1.82) is 0 Å². The number of aryl methyl sites for hydroxylation is 2. The van der Waals surface area contributed by atoms with E-state index < -0.39 is 11.6 Å². The Bertz CT molecular complexity index is 1520. The molecule has 190 valence electrons. The lowest BCUT2D eigenvalue weighted by atomic mass is 9.97. The Morgan fingerprint density at radius 3 is 2.41 bits per heavy atom. The van der Waals surface area contributed by atoms with E-state index in [1.54, 1.807) is 11.3 Å². The smallest absolute Gasteiger partial charge is 0.308 e. The highest BCUT2D eigenvalue weighted by atomic mass is 32.1. The summed E-state index contributed by atoms with van der Waals surface area (Å²) in [4.78, 5) is 19.3. The van der Waals surface area contributed by atoms with Crippen LogP contribution in [0.4, 0.5) is 5.69 Å². The lowest BCUT2D eigenvalue weighted by Crippen LogP contribution is -2.25. The van der Waals surface area contributed by atoms with Gasteiger partial charge in [0.1, 0.15) is 22.5 Å². The van der Waals surface area contributed by atoms with E-state index >= 15 is 0 Å². The highest BCUT2D eigenvalue weighted by molar-refractivity contribution is 7.15. The molecule has 1 aliphatic rings. The fourth-order valence-corrected chi connectivity index (χ4v) is 5.82. The van der Waals surface area contributed by atoms with Gasteiger partial charge >= 0.3 is 5.97 Å². The zero-order chi connectivity index (χ0) is 26.5. The van der Waals surface area contributed by atoms with Crippen LogP contribution in [0.25, 0.3) is 16.1 Å². The van der Waals surface area contributed by atoms with E-state index in [2.05, 4.69) is 48.3 Å². The number of ether oxygens (including phenoxy) is 1. The van der Waals surface area contributed by atoms with E-state index in [-0.39, 0.29) is 12.4 Å². The van der Waals surface area contributed by atoms with Crippen molar-refractivity contribution in [3.63, 3.8) is 0 Å². The zero-order valence-corrected chi connectivity index (χ0v) is 22.8. The van der Waals surface area contributed by atoms with E-state index in [1.807, 2.05) is 56.5 Å². The minimum atomic E-state index is -0.582. The number of rotatable bonds is 4. The predicted molar refractivity (Wildman–Crippen MR) is 149 cm³/mol. The maximum Gasteiger partial charge on any atom is 0.308 e. The zero-order valence-electron chi connectivity index (χ0n) is 22.0. The number of carbonyl (C=O) groups is 1. The largest absolute Gasteiger partial charge is 0.460 e. The molecule has 0 bridgehead atoms. The third kappa shape index (κ3) is 4.81. The molecule has 1 unspecified atom stereocenters. The number of hydrogen-bond donors (Lipinski definition) is 1. The van der Waals surface area contributed by atoms with Gasteiger partial charge in [0.2, 0.25) is 0 Å². The summed E-state index contributed by atoms with van der Waals surface area (Å²) < 4.78 is 7.69. The average Bonchev–Trinajstić information content (AvgIpc) is 3.30. The van der Waals surface area contributed by atoms with Crippen LogP contribution in [0.1, 0.15) is 66.5 Å². The number of nitrogens with two attached hydrogens (primary N) is 1. The molecule has 7 nitrogen and oxygen atoms in total. The van der Waals surface area contributed by atoms with E-state index in [0.717, 1.165) is 50.0 Å². The molecule has 0 aliphatic carbocycles. The number of benzene rings is 2. The number of aliphatic imine (C=N–C) groups is 1. The minimum Gasteiger partial charge on any atom is -0.460 e. The molecule has 0 saturated heterocycles. The highest BCUT2D eigenvalue weighted by Gasteiger charge is 2.33. The molecule has 0 fully saturated rings. The summed E-state index contributed by atoms with van der Waals surface area (Å²) in [5, 5.41) is 9.84. The van der Waals surface area contributed by atoms with Gasteiger partial charge in [-0.25, -0.2) is 0 Å². The standard InChI is InChI=1S/C29H31N5O2S/c1-16-17(2)37-28-25(16)26(20-12-10-19(11-13-20)21-8-7-9-22(30)14-21)31-23(15-24(35)36-29(4,5)6)27-33-32-18(3)34(27)28/h7-14,23H,15,30H2,1-6H3. The van der Waals surface area contributed by atoms with E-state index in [0.29, 0.717) is 5.82 Å². The van der Waals surface area contributed by atoms with Gasteiger partial charge in [0.15, 0.2) is 5.82 Å². The van der Waals surface area contributed by atoms with Gasteiger partial charge in [0, 0.05) is 21.7 Å². The van der Waals surface area contributed by atoms with Crippen LogP contribution in [0, 0.1) is 20.8 Å². The maximum atomic E-state index is 12.9. The maximum absolute atomic E-state index is 12.9. The van der Waals surface area contributed by atoms with Gasteiger partial charge in [0.25, 0.3) is 0 Å². The summed E-state index contributed by atoms with van der Waals surface area (Å²) in [7, 11) is 0. The van der Waals surface area contributed by atoms with Crippen molar-refractivity contribution < 1.29 is 9.53 Å². The van der Waals surface area contributed by atoms with Gasteiger partial charge in [-0.2, -0.15) is 0 Å². The first-order valence-corrected chi connectivity index (χ1v) is 13.1. The van der Waals surface area contributed by atoms with Crippen molar-refractivity contribution in [2.75, 3.05) is 5.73 Å². The Hall–Kier alpha value is -3.78. The second-order valence-electron chi connectivity index (χ2n) is 10.4. The summed E-state index contributed by atoms with van der Waals surface area (Å²) in [6, 6.07) is 15.6. The first kappa shape index (κ1) is 24.9. The molecule has 8 heteroatoms. The fourth-order valence-electron chi connectivity index (χ4n) is 4.60. The third-order valence-corrected chi connectivity index (χ3v) is 7.59. The van der Waals surface area contributed by atoms with Gasteiger partial charge < -0.3 is 10.5 Å². The minimum absolute atomic E-state index is 0.0766. The average molecular weight is 514 g/mol. The van der Waals surface area contributed by atoms with Gasteiger partial charge in [-0.3, -0.25) is 14.4 Å². The second-order valence-corrected chi connectivity index (χ2v) is 11.6. The monoisotopic (exact) mass is 513 g/mol. The predicted octanol–water partition coefficient (Wildman–Crippen LogP) is 6.13. The van der Waals surface area contributed by atoms with Gasteiger partial charge in [-0.1, -0.05) is 36.4 Å². The van der Waals surface area contributed by atoms with Crippen molar-refractivity contribution in [3.8, 4) is 16.1 Å². The Morgan fingerprint density at radius 1 is 1.03 bits per heavy atom. The SMILES string of the molecule is Cc1sc2c(c1C)C(c1ccc(-c3cccc(N)c3)cc1)=NC(CC(=O)OC(C)(C)C)c1nnc(C)n1-2. The quantitative estimate of drug-likeness (QED) is 0.262. The number of nitrogen functional groups attached to an aromatic ring is 1. The molecule has 5 rings (SSSR count). The van der Waals surface area contributed by atoms with E-state index in [4.69, 9.17) is 15.5 Å². The van der Waals surface area contributed by atoms with Crippen LogP contribution in [-0.4, -0.2) is 32.0 Å². The van der Waals surface area contributed by atoms with Crippen molar-refractivity contribution in [2.45, 2.75) is 59.6 Å². The van der Waals surface area contributed by atoms with E-state index in [1.165, 1.54) is 4.88 Å². The highest BCUT2D eigenvalue weighted by Crippen LogP contribution is 2.40. The number of fused-ring (bicyclic) bond motifs is 3. The molecule has 4 aromatic rings. The normalized spacial score (nSPS) is 15.0. The van der Waals surface area contributed by atoms with Crippen LogP contribution in [0.3, 0.4) is 0 Å². The lowest BCUT2D eigenvalue weighted by molar-refractivity contribution is -0.155. The first-order valence-electron chi connectivity index (χ1n) is 12.3. The van der Waals surface area contributed by atoms with Crippen molar-refractivity contribution >= 4 is 28.7 Å². The summed E-state index contributed by atoms with van der Waals surface area (Å²) >= 11 is 1.69. The topological polar surface area (TPSA) is 95.4 Å². The number of aromatic nitrogens is 3. The summed E-state index contributed by atoms with van der Waals surface area (Å²) in [5.41, 5.74) is 12.3. The van der Waals surface area contributed by atoms with Gasteiger partial charge in [-0.05, 0) is 70.4 Å². The summed E-state index contributed by atoms with van der Waals surface area (Å²) in [6.07, 6.45) is 0.0766. The number of nitrogens with zero attached hydrogens (tertiary/aromatic N) is 4. The molecule has 0 saturated carbocycles. The van der Waals surface area contributed by atoms with Crippen LogP contribution in [0.5, 0.6) is 0 Å². The molecule has 0 radical (unpaired) electrons. The van der Waals surface area contributed by atoms with Crippen LogP contribution < -0.4 is 5.73 Å². The van der Waals surface area contributed by atoms with Gasteiger partial charge in [0.05, 0.1) is 12.1 Å². The van der Waals surface area contributed by atoms with Crippen LogP contribution >= 0.6 is 11.3 Å². The van der Waals surface area contributed by atoms with Crippen molar-refractivity contribution in [1.82, 2.24) is 14.8 Å². The molecule has 2 aromatic heterocycles. The fraction of sp³-hybridized carbons (Fsp3) is 0.310. The van der Waals surface area contributed by atoms with Gasteiger partial charge in [-0.15, -0.1) is 21.5 Å². The molecule has 2 aromatic carbocycles. The Balaban J connectivity index is 1.64. The first-order chi connectivity index (χ1) is 17.5. The Morgan fingerprint density at radius 2 is 1.73 bits per heavy atom. The number of esters is 1.